The molecule has 1 fully saturated rings. The Bertz CT molecular complexity index is 413. The largest absolute Gasteiger partial charge is 0.389 e. The van der Waals surface area contributed by atoms with E-state index in [-0.39, 0.29) is 0 Å². The Morgan fingerprint density at radius 2 is 2.19 bits per heavy atom. The summed E-state index contributed by atoms with van der Waals surface area (Å²) in [7, 11) is 0. The highest BCUT2D eigenvalue weighted by atomic mass is 35.5. The predicted molar refractivity (Wildman–Crippen MR) is 73.1 cm³/mol. The zero-order chi connectivity index (χ0) is 11.7. The van der Waals surface area contributed by atoms with Crippen molar-refractivity contribution in [2.24, 2.45) is 11.7 Å². The Kier molecular flexibility index (Phi) is 3.36. The molecule has 1 aromatic rings. The molecule has 0 saturated heterocycles. The van der Waals surface area contributed by atoms with Crippen molar-refractivity contribution in [2.45, 2.75) is 25.8 Å². The molecule has 3 N–H and O–H groups in total. The smallest absolute Gasteiger partial charge is 0.104 e. The summed E-state index contributed by atoms with van der Waals surface area (Å²) in [5, 5.41) is 4.11. The van der Waals surface area contributed by atoms with Crippen LogP contribution in [-0.4, -0.2) is 11.0 Å². The van der Waals surface area contributed by atoms with Crippen LogP contribution in [0.2, 0.25) is 5.02 Å². The lowest BCUT2D eigenvalue weighted by Crippen LogP contribution is -2.33. The number of hydrogen-bond acceptors (Lipinski definition) is 2. The Morgan fingerprint density at radius 3 is 2.69 bits per heavy atom. The first-order valence-electron chi connectivity index (χ1n) is 5.42. The number of anilines is 1. The van der Waals surface area contributed by atoms with Gasteiger partial charge in [0.25, 0.3) is 0 Å². The molecule has 0 atom stereocenters. The van der Waals surface area contributed by atoms with Crippen LogP contribution in [0.3, 0.4) is 0 Å². The molecule has 0 amide bonds. The van der Waals surface area contributed by atoms with E-state index in [4.69, 9.17) is 29.6 Å². The quantitative estimate of drug-likeness (QED) is 0.814. The van der Waals surface area contributed by atoms with E-state index in [2.05, 4.69) is 12.2 Å². The summed E-state index contributed by atoms with van der Waals surface area (Å²) in [5.41, 5.74) is 7.33. The third kappa shape index (κ3) is 2.47. The van der Waals surface area contributed by atoms with Gasteiger partial charge in [-0.2, -0.15) is 0 Å². The second kappa shape index (κ2) is 4.60. The van der Waals surface area contributed by atoms with Gasteiger partial charge in [-0.3, -0.25) is 0 Å². The summed E-state index contributed by atoms with van der Waals surface area (Å²) in [4.78, 5) is 0.380. The molecule has 86 valence electrons. The molecule has 0 radical (unpaired) electrons. The molecule has 2 nitrogen and oxygen atoms in total. The molecule has 0 aliphatic heterocycles. The summed E-state index contributed by atoms with van der Waals surface area (Å²) in [6.45, 7) is 2.26. The highest BCUT2D eigenvalue weighted by Crippen LogP contribution is 2.32. The maximum absolute atomic E-state index is 6.16. The van der Waals surface area contributed by atoms with E-state index < -0.39 is 0 Å². The van der Waals surface area contributed by atoms with E-state index in [0.29, 0.717) is 16.1 Å². The molecule has 0 heterocycles. The van der Waals surface area contributed by atoms with Gasteiger partial charge in [-0.25, -0.2) is 0 Å². The van der Waals surface area contributed by atoms with E-state index in [1.54, 1.807) is 0 Å². The van der Waals surface area contributed by atoms with Crippen molar-refractivity contribution in [3.8, 4) is 0 Å². The predicted octanol–water partition coefficient (Wildman–Crippen LogP) is 3.18. The summed E-state index contributed by atoms with van der Waals surface area (Å²) in [5.74, 6) is 0.826. The fourth-order valence-electron chi connectivity index (χ4n) is 2.03. The van der Waals surface area contributed by atoms with Crippen LogP contribution in [-0.2, 0) is 0 Å². The molecule has 1 aliphatic carbocycles. The third-order valence-electron chi connectivity index (χ3n) is 2.99. The van der Waals surface area contributed by atoms with E-state index in [9.17, 15) is 0 Å². The number of thiocarbonyl (C=S) groups is 1. The Labute approximate surface area is 106 Å². The molecular weight excluding hydrogens is 240 g/mol. The molecule has 0 aromatic heterocycles. The van der Waals surface area contributed by atoms with Crippen molar-refractivity contribution in [3.63, 3.8) is 0 Å². The van der Waals surface area contributed by atoms with E-state index in [1.807, 2.05) is 18.2 Å². The second-order valence-corrected chi connectivity index (χ2v) is 5.32. The van der Waals surface area contributed by atoms with E-state index in [1.165, 1.54) is 12.8 Å². The van der Waals surface area contributed by atoms with Crippen LogP contribution >= 0.6 is 23.8 Å². The Morgan fingerprint density at radius 1 is 1.50 bits per heavy atom. The van der Waals surface area contributed by atoms with Gasteiger partial charge in [0.1, 0.15) is 4.99 Å². The van der Waals surface area contributed by atoms with Gasteiger partial charge in [0.05, 0.1) is 10.7 Å². The molecule has 1 saturated carbocycles. The first kappa shape index (κ1) is 11.7. The number of rotatable bonds is 3. The summed E-state index contributed by atoms with van der Waals surface area (Å²) >= 11 is 11.1. The lowest BCUT2D eigenvalue weighted by atomic mass is 9.82. The summed E-state index contributed by atoms with van der Waals surface area (Å²) in [6.07, 6.45) is 2.43. The van der Waals surface area contributed by atoms with Gasteiger partial charge in [0, 0.05) is 11.6 Å². The maximum Gasteiger partial charge on any atom is 0.104 e. The van der Waals surface area contributed by atoms with Gasteiger partial charge in [0.15, 0.2) is 0 Å². The van der Waals surface area contributed by atoms with Gasteiger partial charge < -0.3 is 11.1 Å². The number of nitrogens with two attached hydrogens (primary N) is 1. The standard InChI is InChI=1S/C12H15ClN2S/c1-7-4-9(5-7)15-11-3-2-8(12(14)16)6-10(11)13/h2-3,6-7,9,15H,4-5H2,1H3,(H2,14,16). The SMILES string of the molecule is CC1CC(Nc2ccc(C(N)=S)cc2Cl)C1. The van der Waals surface area contributed by atoms with Crippen molar-refractivity contribution in [3.05, 3.63) is 28.8 Å². The fourth-order valence-corrected chi connectivity index (χ4v) is 2.39. The molecule has 1 aliphatic rings. The molecular formula is C12H15ClN2S. The van der Waals surface area contributed by atoms with Gasteiger partial charge in [-0.05, 0) is 37.0 Å². The zero-order valence-electron chi connectivity index (χ0n) is 9.16. The molecule has 4 heteroatoms. The topological polar surface area (TPSA) is 38.0 Å². The molecule has 0 bridgehead atoms. The van der Waals surface area contributed by atoms with Crippen molar-refractivity contribution in [2.75, 3.05) is 5.32 Å². The minimum atomic E-state index is 0.380. The second-order valence-electron chi connectivity index (χ2n) is 4.48. The minimum absolute atomic E-state index is 0.380. The molecule has 0 unspecified atom stereocenters. The van der Waals surface area contributed by atoms with Crippen LogP contribution in [0.15, 0.2) is 18.2 Å². The van der Waals surface area contributed by atoms with Crippen molar-refractivity contribution < 1.29 is 0 Å². The Hall–Kier alpha value is -0.800. The number of halogens is 1. The van der Waals surface area contributed by atoms with Crippen molar-refractivity contribution in [1.82, 2.24) is 0 Å². The Balaban J connectivity index is 2.07. The lowest BCUT2D eigenvalue weighted by molar-refractivity contribution is 0.309. The minimum Gasteiger partial charge on any atom is -0.389 e. The number of nitrogens with one attached hydrogen (secondary N) is 1. The van der Waals surface area contributed by atoms with Gasteiger partial charge in [0.2, 0.25) is 0 Å². The highest BCUT2D eigenvalue weighted by Gasteiger charge is 2.25. The normalized spacial score (nSPS) is 23.6. The lowest BCUT2D eigenvalue weighted by Gasteiger charge is -2.34. The number of benzene rings is 1. The van der Waals surface area contributed by atoms with Crippen LogP contribution in [0, 0.1) is 5.92 Å². The number of hydrogen-bond donors (Lipinski definition) is 2. The molecule has 1 aromatic carbocycles. The first-order valence-corrected chi connectivity index (χ1v) is 6.21. The van der Waals surface area contributed by atoms with Crippen LogP contribution in [0.1, 0.15) is 25.3 Å². The third-order valence-corrected chi connectivity index (χ3v) is 3.54. The molecule has 2 rings (SSSR count). The van der Waals surface area contributed by atoms with Gasteiger partial charge in [-0.1, -0.05) is 30.7 Å². The van der Waals surface area contributed by atoms with E-state index in [0.717, 1.165) is 17.2 Å². The van der Waals surface area contributed by atoms with Crippen LogP contribution in [0.4, 0.5) is 5.69 Å². The average Bonchev–Trinajstić information content (AvgIpc) is 2.18. The van der Waals surface area contributed by atoms with Crippen LogP contribution in [0.5, 0.6) is 0 Å². The van der Waals surface area contributed by atoms with Crippen LogP contribution in [0.25, 0.3) is 0 Å². The monoisotopic (exact) mass is 254 g/mol. The molecule has 0 spiro atoms. The zero-order valence-corrected chi connectivity index (χ0v) is 10.7. The highest BCUT2D eigenvalue weighted by molar-refractivity contribution is 7.80. The summed E-state index contributed by atoms with van der Waals surface area (Å²) in [6, 6.07) is 6.22. The molecule has 16 heavy (non-hydrogen) atoms. The first-order chi connectivity index (χ1) is 7.56. The van der Waals surface area contributed by atoms with Crippen molar-refractivity contribution in [1.29, 1.82) is 0 Å². The van der Waals surface area contributed by atoms with Gasteiger partial charge >= 0.3 is 0 Å². The summed E-state index contributed by atoms with van der Waals surface area (Å²) < 4.78 is 0. The van der Waals surface area contributed by atoms with Crippen molar-refractivity contribution >= 4 is 34.5 Å². The van der Waals surface area contributed by atoms with E-state index >= 15 is 0 Å². The van der Waals surface area contributed by atoms with Gasteiger partial charge in [-0.15, -0.1) is 0 Å². The average molecular weight is 255 g/mol. The van der Waals surface area contributed by atoms with Crippen LogP contribution < -0.4 is 11.1 Å². The maximum atomic E-state index is 6.16. The fraction of sp³-hybridized carbons (Fsp3) is 0.417.